The van der Waals surface area contributed by atoms with E-state index in [1.165, 1.54) is 0 Å². The maximum Gasteiger partial charge on any atom is 0.241 e. The topological polar surface area (TPSA) is 55.6 Å². The summed E-state index contributed by atoms with van der Waals surface area (Å²) in [4.78, 5) is 14.1. The van der Waals surface area contributed by atoms with Crippen molar-refractivity contribution in [3.63, 3.8) is 0 Å². The van der Waals surface area contributed by atoms with Crippen LogP contribution < -0.4 is 5.73 Å². The van der Waals surface area contributed by atoms with Gasteiger partial charge in [0.15, 0.2) is 0 Å². The second-order valence-corrected chi connectivity index (χ2v) is 5.75. The van der Waals surface area contributed by atoms with Crippen LogP contribution in [0.25, 0.3) is 0 Å². The summed E-state index contributed by atoms with van der Waals surface area (Å²) in [5.41, 5.74) is 5.83. The van der Waals surface area contributed by atoms with Crippen molar-refractivity contribution in [2.75, 3.05) is 26.8 Å². The Kier molecular flexibility index (Phi) is 9.02. The standard InChI is InChI=1S/C14H30N2O2/c1-11(2)6-8-16(9-7-12(3)4)14(17)13(15)10-18-5/h11-13H,6-10,15H2,1-5H3. The van der Waals surface area contributed by atoms with Crippen LogP contribution in [0.1, 0.15) is 40.5 Å². The number of carbonyl (C=O) groups excluding carboxylic acids is 1. The Morgan fingerprint density at radius 1 is 1.11 bits per heavy atom. The molecule has 0 bridgehead atoms. The first-order chi connectivity index (χ1) is 8.38. The largest absolute Gasteiger partial charge is 0.383 e. The lowest BCUT2D eigenvalue weighted by Crippen LogP contribution is -2.47. The van der Waals surface area contributed by atoms with Crippen LogP contribution in [0.15, 0.2) is 0 Å². The van der Waals surface area contributed by atoms with Gasteiger partial charge < -0.3 is 15.4 Å². The van der Waals surface area contributed by atoms with Crippen LogP contribution in [0, 0.1) is 11.8 Å². The lowest BCUT2D eigenvalue weighted by atomic mass is 10.1. The first-order valence-corrected chi connectivity index (χ1v) is 6.91. The molecular weight excluding hydrogens is 228 g/mol. The van der Waals surface area contributed by atoms with E-state index in [9.17, 15) is 4.79 Å². The maximum atomic E-state index is 12.2. The number of hydrogen-bond acceptors (Lipinski definition) is 3. The van der Waals surface area contributed by atoms with Crippen molar-refractivity contribution in [1.82, 2.24) is 4.90 Å². The monoisotopic (exact) mass is 258 g/mol. The number of carbonyl (C=O) groups is 1. The summed E-state index contributed by atoms with van der Waals surface area (Å²) >= 11 is 0. The van der Waals surface area contributed by atoms with E-state index in [1.807, 2.05) is 4.90 Å². The molecule has 0 spiro atoms. The zero-order valence-electron chi connectivity index (χ0n) is 12.6. The third kappa shape index (κ3) is 7.67. The van der Waals surface area contributed by atoms with Crippen molar-refractivity contribution in [2.24, 2.45) is 17.6 Å². The van der Waals surface area contributed by atoms with Gasteiger partial charge in [0.05, 0.1) is 6.61 Å². The normalized spacial score (nSPS) is 13.1. The summed E-state index contributed by atoms with van der Waals surface area (Å²) < 4.78 is 4.95. The van der Waals surface area contributed by atoms with Gasteiger partial charge in [-0.2, -0.15) is 0 Å². The van der Waals surface area contributed by atoms with Gasteiger partial charge in [-0.3, -0.25) is 4.79 Å². The van der Waals surface area contributed by atoms with Crippen molar-refractivity contribution in [1.29, 1.82) is 0 Å². The maximum absolute atomic E-state index is 12.2. The highest BCUT2D eigenvalue weighted by atomic mass is 16.5. The molecule has 18 heavy (non-hydrogen) atoms. The summed E-state index contributed by atoms with van der Waals surface area (Å²) in [6, 6.07) is -0.533. The number of nitrogens with zero attached hydrogens (tertiary/aromatic N) is 1. The molecule has 4 heteroatoms. The fraction of sp³-hybridized carbons (Fsp3) is 0.929. The Labute approximate surface area is 112 Å². The predicted octanol–water partition coefficient (Wildman–Crippen LogP) is 1.88. The van der Waals surface area contributed by atoms with Crippen molar-refractivity contribution in [2.45, 2.75) is 46.6 Å². The molecule has 0 fully saturated rings. The molecule has 1 amide bonds. The van der Waals surface area contributed by atoms with E-state index in [0.717, 1.165) is 25.9 Å². The molecule has 108 valence electrons. The van der Waals surface area contributed by atoms with Gasteiger partial charge >= 0.3 is 0 Å². The van der Waals surface area contributed by atoms with E-state index in [0.29, 0.717) is 18.4 Å². The lowest BCUT2D eigenvalue weighted by Gasteiger charge is -2.27. The molecule has 0 aromatic rings. The molecule has 0 radical (unpaired) electrons. The molecule has 0 heterocycles. The summed E-state index contributed by atoms with van der Waals surface area (Å²) in [5.74, 6) is 1.20. The van der Waals surface area contributed by atoms with E-state index in [4.69, 9.17) is 10.5 Å². The molecule has 0 aliphatic heterocycles. The summed E-state index contributed by atoms with van der Waals surface area (Å²) in [6.07, 6.45) is 2.03. The number of ether oxygens (including phenoxy) is 1. The molecule has 1 unspecified atom stereocenters. The Balaban J connectivity index is 4.37. The average molecular weight is 258 g/mol. The number of nitrogens with two attached hydrogens (primary N) is 1. The minimum atomic E-state index is -0.533. The number of hydrogen-bond donors (Lipinski definition) is 1. The van der Waals surface area contributed by atoms with Crippen LogP contribution in [0.5, 0.6) is 0 Å². The minimum absolute atomic E-state index is 0.0122. The third-order valence-electron chi connectivity index (χ3n) is 2.93. The molecule has 0 rings (SSSR count). The fourth-order valence-corrected chi connectivity index (χ4v) is 1.65. The van der Waals surface area contributed by atoms with Gasteiger partial charge in [-0.25, -0.2) is 0 Å². The molecule has 0 saturated heterocycles. The molecule has 0 aliphatic rings. The smallest absolute Gasteiger partial charge is 0.241 e. The number of methoxy groups -OCH3 is 1. The number of amides is 1. The Morgan fingerprint density at radius 3 is 1.89 bits per heavy atom. The van der Waals surface area contributed by atoms with Crippen LogP contribution >= 0.6 is 0 Å². The van der Waals surface area contributed by atoms with E-state index < -0.39 is 6.04 Å². The summed E-state index contributed by atoms with van der Waals surface area (Å²) in [5, 5.41) is 0. The molecule has 0 saturated carbocycles. The number of rotatable bonds is 9. The van der Waals surface area contributed by atoms with Gasteiger partial charge in [-0.05, 0) is 24.7 Å². The van der Waals surface area contributed by atoms with Crippen molar-refractivity contribution in [3.8, 4) is 0 Å². The highest BCUT2D eigenvalue weighted by Crippen LogP contribution is 2.08. The Morgan fingerprint density at radius 2 is 1.56 bits per heavy atom. The zero-order chi connectivity index (χ0) is 14.1. The Hall–Kier alpha value is -0.610. The van der Waals surface area contributed by atoms with Gasteiger partial charge in [-0.15, -0.1) is 0 Å². The molecular formula is C14H30N2O2. The Bertz CT molecular complexity index is 218. The van der Waals surface area contributed by atoms with Crippen LogP contribution in [0.3, 0.4) is 0 Å². The van der Waals surface area contributed by atoms with Crippen molar-refractivity contribution in [3.05, 3.63) is 0 Å². The van der Waals surface area contributed by atoms with Crippen molar-refractivity contribution >= 4 is 5.91 Å². The van der Waals surface area contributed by atoms with Crippen LogP contribution in [0.4, 0.5) is 0 Å². The second-order valence-electron chi connectivity index (χ2n) is 5.75. The highest BCUT2D eigenvalue weighted by molar-refractivity contribution is 5.81. The van der Waals surface area contributed by atoms with Gasteiger partial charge in [0.1, 0.15) is 6.04 Å². The van der Waals surface area contributed by atoms with Gasteiger partial charge in [0.25, 0.3) is 0 Å². The molecule has 0 aliphatic carbocycles. The minimum Gasteiger partial charge on any atom is -0.383 e. The first kappa shape index (κ1) is 17.4. The van der Waals surface area contributed by atoms with Crippen LogP contribution in [-0.4, -0.2) is 43.7 Å². The molecule has 0 aromatic heterocycles. The van der Waals surface area contributed by atoms with Gasteiger partial charge in [0.2, 0.25) is 5.91 Å². The SMILES string of the molecule is COCC(N)C(=O)N(CCC(C)C)CCC(C)C. The van der Waals surface area contributed by atoms with E-state index in [-0.39, 0.29) is 5.91 Å². The average Bonchev–Trinajstić information content (AvgIpc) is 2.28. The van der Waals surface area contributed by atoms with Crippen molar-refractivity contribution < 1.29 is 9.53 Å². The second kappa shape index (κ2) is 9.34. The quantitative estimate of drug-likeness (QED) is 0.687. The molecule has 1 atom stereocenters. The van der Waals surface area contributed by atoms with Gasteiger partial charge in [0, 0.05) is 20.2 Å². The van der Waals surface area contributed by atoms with Gasteiger partial charge in [-0.1, -0.05) is 27.7 Å². The van der Waals surface area contributed by atoms with Crippen LogP contribution in [0.2, 0.25) is 0 Å². The first-order valence-electron chi connectivity index (χ1n) is 6.91. The van der Waals surface area contributed by atoms with Crippen LogP contribution in [-0.2, 0) is 9.53 Å². The zero-order valence-corrected chi connectivity index (χ0v) is 12.6. The van der Waals surface area contributed by atoms with E-state index in [1.54, 1.807) is 7.11 Å². The summed E-state index contributed by atoms with van der Waals surface area (Å²) in [6.45, 7) is 10.5. The molecule has 0 aromatic carbocycles. The van der Waals surface area contributed by atoms with E-state index in [2.05, 4.69) is 27.7 Å². The lowest BCUT2D eigenvalue weighted by molar-refractivity contribution is -0.134. The third-order valence-corrected chi connectivity index (χ3v) is 2.93. The molecule has 2 N–H and O–H groups in total. The summed E-state index contributed by atoms with van der Waals surface area (Å²) in [7, 11) is 1.57. The fourth-order valence-electron chi connectivity index (χ4n) is 1.65. The highest BCUT2D eigenvalue weighted by Gasteiger charge is 2.20. The van der Waals surface area contributed by atoms with E-state index >= 15 is 0 Å². The molecule has 4 nitrogen and oxygen atoms in total. The predicted molar refractivity (Wildman–Crippen MR) is 75.3 cm³/mol.